The molecule has 0 fully saturated rings. The van der Waals surface area contributed by atoms with Crippen LogP contribution in [0.3, 0.4) is 0 Å². The summed E-state index contributed by atoms with van der Waals surface area (Å²) >= 11 is 5.42. The minimum atomic E-state index is -3.65. The lowest BCUT2D eigenvalue weighted by Gasteiger charge is -2.17. The summed E-state index contributed by atoms with van der Waals surface area (Å²) in [5.41, 5.74) is 4.59. The number of nitrogens with one attached hydrogen (secondary N) is 2. The molecule has 0 bridgehead atoms. The fraction of sp³-hybridized carbons (Fsp3) is 0.316. The normalized spacial score (nSPS) is 11.2. The van der Waals surface area contributed by atoms with Gasteiger partial charge >= 0.3 is 0 Å². The molecule has 0 aliphatic rings. The van der Waals surface area contributed by atoms with Crippen molar-refractivity contribution in [1.29, 1.82) is 0 Å². The second-order valence-electron chi connectivity index (χ2n) is 5.98. The van der Waals surface area contributed by atoms with Gasteiger partial charge in [-0.15, -0.1) is 0 Å². The number of rotatable bonds is 7. The highest BCUT2D eigenvalue weighted by atomic mass is 32.2. The third-order valence-corrected chi connectivity index (χ3v) is 5.36. The second kappa shape index (κ2) is 9.12. The van der Waals surface area contributed by atoms with Gasteiger partial charge in [0.25, 0.3) is 0 Å². The maximum absolute atomic E-state index is 11.3. The van der Waals surface area contributed by atoms with Gasteiger partial charge in [-0.1, -0.05) is 44.2 Å². The molecule has 26 heavy (non-hydrogen) atoms. The van der Waals surface area contributed by atoms with Crippen molar-refractivity contribution >= 4 is 33.0 Å². The first-order valence-electron chi connectivity index (χ1n) is 8.62. The number of para-hydroxylation sites is 1. The van der Waals surface area contributed by atoms with Crippen molar-refractivity contribution in [3.05, 3.63) is 59.2 Å². The summed E-state index contributed by atoms with van der Waals surface area (Å²) in [4.78, 5) is 0.120. The van der Waals surface area contributed by atoms with Crippen LogP contribution in [-0.4, -0.2) is 20.1 Å². The lowest BCUT2D eigenvalue weighted by atomic mass is 10.0. The maximum Gasteiger partial charge on any atom is 0.238 e. The van der Waals surface area contributed by atoms with E-state index in [0.717, 1.165) is 30.5 Å². The van der Waals surface area contributed by atoms with Crippen LogP contribution in [0.2, 0.25) is 0 Å². The molecule has 0 amide bonds. The smallest absolute Gasteiger partial charge is 0.238 e. The molecule has 0 saturated heterocycles. The van der Waals surface area contributed by atoms with E-state index >= 15 is 0 Å². The van der Waals surface area contributed by atoms with Crippen LogP contribution in [0.4, 0.5) is 5.69 Å². The fourth-order valence-corrected chi connectivity index (χ4v) is 3.45. The number of anilines is 1. The third-order valence-electron chi connectivity index (χ3n) is 4.19. The van der Waals surface area contributed by atoms with Gasteiger partial charge in [-0.25, -0.2) is 13.6 Å². The van der Waals surface area contributed by atoms with E-state index in [1.54, 1.807) is 12.1 Å². The van der Waals surface area contributed by atoms with Crippen LogP contribution < -0.4 is 15.8 Å². The fourth-order valence-electron chi connectivity index (χ4n) is 2.73. The zero-order valence-corrected chi connectivity index (χ0v) is 16.7. The van der Waals surface area contributed by atoms with Crippen LogP contribution in [0.15, 0.2) is 47.4 Å². The largest absolute Gasteiger partial charge is 0.362 e. The molecule has 0 aliphatic heterocycles. The van der Waals surface area contributed by atoms with Gasteiger partial charge in [-0.2, -0.15) is 0 Å². The van der Waals surface area contributed by atoms with Crippen LogP contribution in [0.1, 0.15) is 30.5 Å². The lowest BCUT2D eigenvalue weighted by molar-refractivity contribution is 0.598. The van der Waals surface area contributed by atoms with Crippen LogP contribution in [0.25, 0.3) is 0 Å². The molecule has 2 aromatic rings. The first-order chi connectivity index (χ1) is 12.3. The number of thiocarbonyl (C=S) groups is 1. The van der Waals surface area contributed by atoms with Gasteiger partial charge in [0.2, 0.25) is 10.0 Å². The van der Waals surface area contributed by atoms with E-state index < -0.39 is 10.0 Å². The van der Waals surface area contributed by atoms with Crippen molar-refractivity contribution < 1.29 is 8.42 Å². The minimum Gasteiger partial charge on any atom is -0.362 e. The molecule has 0 spiro atoms. The van der Waals surface area contributed by atoms with Crippen molar-refractivity contribution in [1.82, 2.24) is 5.32 Å². The van der Waals surface area contributed by atoms with E-state index in [2.05, 4.69) is 42.7 Å². The van der Waals surface area contributed by atoms with E-state index in [-0.39, 0.29) is 4.90 Å². The molecule has 0 unspecified atom stereocenters. The number of nitrogens with two attached hydrogens (primary N) is 1. The van der Waals surface area contributed by atoms with Crippen molar-refractivity contribution in [3.63, 3.8) is 0 Å². The minimum absolute atomic E-state index is 0.120. The molecule has 0 aromatic heterocycles. The lowest BCUT2D eigenvalue weighted by Crippen LogP contribution is -2.31. The van der Waals surface area contributed by atoms with E-state index in [1.165, 1.54) is 23.3 Å². The molecular formula is C19H25N3O2S2. The zero-order valence-electron chi connectivity index (χ0n) is 15.1. The maximum atomic E-state index is 11.3. The van der Waals surface area contributed by atoms with Crippen LogP contribution in [0.5, 0.6) is 0 Å². The first-order valence-corrected chi connectivity index (χ1v) is 10.6. The van der Waals surface area contributed by atoms with Crippen LogP contribution in [-0.2, 0) is 29.3 Å². The number of benzene rings is 2. The van der Waals surface area contributed by atoms with Gasteiger partial charge in [0.1, 0.15) is 0 Å². The number of hydrogen-bond donors (Lipinski definition) is 3. The number of sulfonamides is 1. The number of primary sulfonamides is 1. The Morgan fingerprint density at radius 1 is 1.04 bits per heavy atom. The van der Waals surface area contributed by atoms with Crippen LogP contribution in [0, 0.1) is 0 Å². The molecule has 0 radical (unpaired) electrons. The van der Waals surface area contributed by atoms with Gasteiger partial charge in [-0.05, 0) is 60.3 Å². The summed E-state index contributed by atoms with van der Waals surface area (Å²) < 4.78 is 22.5. The summed E-state index contributed by atoms with van der Waals surface area (Å²) in [6.45, 7) is 4.90. The standard InChI is InChI=1S/C19H25N3O2S2/c1-3-15-6-5-7-16(4-2)18(15)22-19(25)21-13-12-14-8-10-17(11-9-14)26(20,23)24/h5-11H,3-4,12-13H2,1-2H3,(H2,20,23,24)(H2,21,22,25). The molecule has 4 N–H and O–H groups in total. The predicted octanol–water partition coefficient (Wildman–Crippen LogP) is 2.99. The van der Waals surface area contributed by atoms with Crippen molar-refractivity contribution in [2.45, 2.75) is 38.0 Å². The summed E-state index contributed by atoms with van der Waals surface area (Å²) in [6.07, 6.45) is 2.60. The molecule has 0 atom stereocenters. The Balaban J connectivity index is 1.92. The number of aryl methyl sites for hydroxylation is 2. The van der Waals surface area contributed by atoms with Gasteiger partial charge < -0.3 is 10.6 Å². The Morgan fingerprint density at radius 3 is 2.12 bits per heavy atom. The first kappa shape index (κ1) is 20.4. The molecule has 7 heteroatoms. The van der Waals surface area contributed by atoms with E-state index in [1.807, 2.05) is 0 Å². The molecule has 2 aromatic carbocycles. The highest BCUT2D eigenvalue weighted by molar-refractivity contribution is 7.89. The summed E-state index contributed by atoms with van der Waals surface area (Å²) in [5, 5.41) is 12.2. The average Bonchev–Trinajstić information content (AvgIpc) is 2.61. The van der Waals surface area contributed by atoms with Crippen molar-refractivity contribution in [2.24, 2.45) is 5.14 Å². The van der Waals surface area contributed by atoms with E-state index in [4.69, 9.17) is 17.4 Å². The molecule has 140 valence electrons. The van der Waals surface area contributed by atoms with Gasteiger partial charge in [0.15, 0.2) is 5.11 Å². The topological polar surface area (TPSA) is 84.2 Å². The Labute approximate surface area is 161 Å². The molecule has 2 rings (SSSR count). The SMILES string of the molecule is CCc1cccc(CC)c1NC(=S)NCCc1ccc(S(N)(=O)=O)cc1. The highest BCUT2D eigenvalue weighted by Crippen LogP contribution is 2.22. The van der Waals surface area contributed by atoms with Gasteiger partial charge in [0.05, 0.1) is 4.90 Å². The average molecular weight is 392 g/mol. The number of hydrogen-bond acceptors (Lipinski definition) is 3. The van der Waals surface area contributed by atoms with Crippen molar-refractivity contribution in [3.8, 4) is 0 Å². The predicted molar refractivity (Wildman–Crippen MR) is 111 cm³/mol. The molecular weight excluding hydrogens is 366 g/mol. The monoisotopic (exact) mass is 391 g/mol. The third kappa shape index (κ3) is 5.52. The van der Waals surface area contributed by atoms with E-state index in [0.29, 0.717) is 11.7 Å². The summed E-state index contributed by atoms with van der Waals surface area (Å²) in [5.74, 6) is 0. The summed E-state index contributed by atoms with van der Waals surface area (Å²) in [7, 11) is -3.65. The molecule has 0 aliphatic carbocycles. The Bertz CT molecular complexity index is 841. The van der Waals surface area contributed by atoms with Crippen molar-refractivity contribution in [2.75, 3.05) is 11.9 Å². The highest BCUT2D eigenvalue weighted by Gasteiger charge is 2.08. The molecule has 5 nitrogen and oxygen atoms in total. The van der Waals surface area contributed by atoms with E-state index in [9.17, 15) is 8.42 Å². The van der Waals surface area contributed by atoms with Gasteiger partial charge in [0, 0.05) is 12.2 Å². The Kier molecular flexibility index (Phi) is 7.14. The second-order valence-corrected chi connectivity index (χ2v) is 7.95. The zero-order chi connectivity index (χ0) is 19.2. The Hall–Kier alpha value is -1.96. The Morgan fingerprint density at radius 2 is 1.62 bits per heavy atom. The molecule has 0 saturated carbocycles. The summed E-state index contributed by atoms with van der Waals surface area (Å²) in [6, 6.07) is 12.9. The van der Waals surface area contributed by atoms with Crippen LogP contribution >= 0.6 is 12.2 Å². The molecule has 0 heterocycles. The quantitative estimate of drug-likeness (QED) is 0.632. The van der Waals surface area contributed by atoms with Gasteiger partial charge in [-0.3, -0.25) is 0 Å².